The number of carbonyl (C=O) groups excluding carboxylic acids is 2. The van der Waals surface area contributed by atoms with Crippen LogP contribution < -0.4 is 21.5 Å². The van der Waals surface area contributed by atoms with E-state index in [1.165, 1.54) is 18.5 Å². The van der Waals surface area contributed by atoms with Gasteiger partial charge in [0.05, 0.1) is 37.1 Å². The molecule has 12 heteroatoms. The van der Waals surface area contributed by atoms with Gasteiger partial charge in [-0.2, -0.15) is 9.97 Å². The summed E-state index contributed by atoms with van der Waals surface area (Å²) in [6, 6.07) is 1.30. The van der Waals surface area contributed by atoms with E-state index in [1.54, 1.807) is 4.90 Å². The van der Waals surface area contributed by atoms with Gasteiger partial charge in [-0.1, -0.05) is 0 Å². The molecule has 164 valence electrons. The molecule has 1 fully saturated rings. The van der Waals surface area contributed by atoms with Crippen LogP contribution in [0.4, 0.5) is 11.8 Å². The Morgan fingerprint density at radius 3 is 2.94 bits per heavy atom. The number of ether oxygens (including phenoxy) is 2. The standard InChI is InChI=1S/C19H23N7O5/c20-15-13-6-19(31-17(13)25-18(21)24-15)9-26(3-4-30-10-19)14(28)1-2-23-16(29)11-5-12(27)8-22-7-11/h5,7-8,27H,1-4,6,9-10H2,(H,23,29)(H4,20,21,24,25). The summed E-state index contributed by atoms with van der Waals surface area (Å²) in [5.41, 5.74) is 11.7. The van der Waals surface area contributed by atoms with Gasteiger partial charge in [-0.25, -0.2) is 0 Å². The topological polar surface area (TPSA) is 179 Å². The van der Waals surface area contributed by atoms with Crippen LogP contribution in [-0.2, 0) is 16.0 Å². The molecule has 31 heavy (non-hydrogen) atoms. The molecule has 0 saturated carbocycles. The number of aromatic hydroxyl groups is 1. The number of rotatable bonds is 4. The highest BCUT2D eigenvalue weighted by Crippen LogP contribution is 2.38. The fourth-order valence-electron chi connectivity index (χ4n) is 3.69. The van der Waals surface area contributed by atoms with Crippen molar-refractivity contribution >= 4 is 23.6 Å². The van der Waals surface area contributed by atoms with Crippen LogP contribution in [0.15, 0.2) is 18.5 Å². The fourth-order valence-corrected chi connectivity index (χ4v) is 3.69. The number of carbonyl (C=O) groups is 2. The number of pyridine rings is 1. The lowest BCUT2D eigenvalue weighted by molar-refractivity contribution is -0.133. The maximum absolute atomic E-state index is 12.8. The molecule has 1 saturated heterocycles. The zero-order valence-electron chi connectivity index (χ0n) is 16.7. The molecule has 2 amide bonds. The molecule has 2 aromatic heterocycles. The number of aromatic nitrogens is 3. The molecule has 4 heterocycles. The Bertz CT molecular complexity index is 1020. The van der Waals surface area contributed by atoms with Crippen molar-refractivity contribution in [3.8, 4) is 11.6 Å². The molecular weight excluding hydrogens is 406 g/mol. The van der Waals surface area contributed by atoms with Gasteiger partial charge in [-0.15, -0.1) is 0 Å². The van der Waals surface area contributed by atoms with Gasteiger partial charge in [0, 0.05) is 32.1 Å². The number of nitrogens with two attached hydrogens (primary N) is 2. The number of hydrogen-bond donors (Lipinski definition) is 4. The lowest BCUT2D eigenvalue weighted by atomic mass is 9.98. The Morgan fingerprint density at radius 1 is 1.29 bits per heavy atom. The maximum Gasteiger partial charge on any atom is 0.252 e. The molecular formula is C19H23N7O5. The van der Waals surface area contributed by atoms with Crippen LogP contribution in [0.3, 0.4) is 0 Å². The summed E-state index contributed by atoms with van der Waals surface area (Å²) in [5.74, 6) is -0.0948. The predicted molar refractivity (Wildman–Crippen MR) is 108 cm³/mol. The molecule has 1 atom stereocenters. The van der Waals surface area contributed by atoms with Gasteiger partial charge in [0.1, 0.15) is 11.6 Å². The molecule has 2 aromatic rings. The first-order valence-electron chi connectivity index (χ1n) is 9.74. The van der Waals surface area contributed by atoms with Crippen LogP contribution in [0.1, 0.15) is 22.3 Å². The van der Waals surface area contributed by atoms with Crippen molar-refractivity contribution < 1.29 is 24.2 Å². The van der Waals surface area contributed by atoms with E-state index in [0.717, 1.165) is 0 Å². The van der Waals surface area contributed by atoms with E-state index in [2.05, 4.69) is 20.3 Å². The summed E-state index contributed by atoms with van der Waals surface area (Å²) in [6.07, 6.45) is 3.06. The van der Waals surface area contributed by atoms with Gasteiger partial charge in [0.25, 0.3) is 5.91 Å². The van der Waals surface area contributed by atoms with Gasteiger partial charge >= 0.3 is 0 Å². The molecule has 1 unspecified atom stereocenters. The first kappa shape index (κ1) is 20.6. The summed E-state index contributed by atoms with van der Waals surface area (Å²) >= 11 is 0. The lowest BCUT2D eigenvalue weighted by Crippen LogP contribution is -2.50. The first-order chi connectivity index (χ1) is 14.8. The lowest BCUT2D eigenvalue weighted by Gasteiger charge is -2.31. The average molecular weight is 429 g/mol. The number of nitrogens with one attached hydrogen (secondary N) is 1. The second-order valence-electron chi connectivity index (χ2n) is 7.52. The summed E-state index contributed by atoms with van der Waals surface area (Å²) in [5, 5.41) is 12.1. The molecule has 0 bridgehead atoms. The van der Waals surface area contributed by atoms with Gasteiger partial charge in [0.2, 0.25) is 17.7 Å². The number of anilines is 2. The summed E-state index contributed by atoms with van der Waals surface area (Å²) in [6.45, 7) is 1.44. The van der Waals surface area contributed by atoms with Crippen LogP contribution >= 0.6 is 0 Å². The molecule has 0 aromatic carbocycles. The third kappa shape index (κ3) is 4.43. The smallest absolute Gasteiger partial charge is 0.252 e. The second-order valence-corrected chi connectivity index (χ2v) is 7.52. The quantitative estimate of drug-likeness (QED) is 0.475. The number of nitrogens with zero attached hydrogens (tertiary/aromatic N) is 4. The van der Waals surface area contributed by atoms with Crippen molar-refractivity contribution in [3.63, 3.8) is 0 Å². The summed E-state index contributed by atoms with van der Waals surface area (Å²) in [7, 11) is 0. The Kier molecular flexibility index (Phi) is 5.46. The van der Waals surface area contributed by atoms with Crippen molar-refractivity contribution in [1.82, 2.24) is 25.2 Å². The number of nitrogen functional groups attached to an aromatic ring is 2. The van der Waals surface area contributed by atoms with Crippen LogP contribution in [-0.4, -0.2) is 75.2 Å². The minimum absolute atomic E-state index is 0.0217. The minimum atomic E-state index is -0.818. The molecule has 12 nitrogen and oxygen atoms in total. The van der Waals surface area contributed by atoms with E-state index >= 15 is 0 Å². The highest BCUT2D eigenvalue weighted by Gasteiger charge is 2.45. The number of hydrogen-bond acceptors (Lipinski definition) is 10. The Morgan fingerprint density at radius 2 is 2.13 bits per heavy atom. The van der Waals surface area contributed by atoms with E-state index < -0.39 is 11.5 Å². The van der Waals surface area contributed by atoms with E-state index in [4.69, 9.17) is 20.9 Å². The van der Waals surface area contributed by atoms with Gasteiger partial charge in [-0.3, -0.25) is 14.6 Å². The van der Waals surface area contributed by atoms with Crippen LogP contribution in [0, 0.1) is 0 Å². The second kappa shape index (κ2) is 8.22. The van der Waals surface area contributed by atoms with Gasteiger partial charge < -0.3 is 36.3 Å². The Hall–Kier alpha value is -3.67. The fraction of sp³-hybridized carbons (Fsp3) is 0.421. The Labute approximate surface area is 177 Å². The van der Waals surface area contributed by atoms with Crippen molar-refractivity contribution in [2.24, 2.45) is 0 Å². The molecule has 4 rings (SSSR count). The van der Waals surface area contributed by atoms with E-state index in [9.17, 15) is 14.7 Å². The Balaban J connectivity index is 1.36. The summed E-state index contributed by atoms with van der Waals surface area (Å²) in [4.78, 5) is 38.4. The molecule has 0 radical (unpaired) electrons. The van der Waals surface area contributed by atoms with Crippen LogP contribution in [0.2, 0.25) is 0 Å². The largest absolute Gasteiger partial charge is 0.506 e. The van der Waals surface area contributed by atoms with Gasteiger partial charge in [-0.05, 0) is 6.07 Å². The maximum atomic E-state index is 12.8. The van der Waals surface area contributed by atoms with E-state index in [0.29, 0.717) is 31.0 Å². The highest BCUT2D eigenvalue weighted by molar-refractivity contribution is 5.94. The monoisotopic (exact) mass is 429 g/mol. The van der Waals surface area contributed by atoms with Gasteiger partial charge in [0.15, 0.2) is 5.60 Å². The zero-order chi connectivity index (χ0) is 22.0. The third-order valence-electron chi connectivity index (χ3n) is 5.14. The van der Waals surface area contributed by atoms with Crippen molar-refractivity contribution in [1.29, 1.82) is 0 Å². The number of fused-ring (bicyclic) bond motifs is 1. The van der Waals surface area contributed by atoms with Crippen LogP contribution in [0.5, 0.6) is 11.6 Å². The molecule has 2 aliphatic heterocycles. The van der Waals surface area contributed by atoms with E-state index in [1.807, 2.05) is 0 Å². The SMILES string of the molecule is Nc1nc(N)c2c(n1)OC1(COCCN(C(=O)CCNC(=O)c3cncc(O)c3)C1)C2. The van der Waals surface area contributed by atoms with Crippen molar-refractivity contribution in [2.75, 3.05) is 44.3 Å². The molecule has 0 aliphatic carbocycles. The molecule has 6 N–H and O–H groups in total. The number of amides is 2. The summed E-state index contributed by atoms with van der Waals surface area (Å²) < 4.78 is 11.7. The van der Waals surface area contributed by atoms with E-state index in [-0.39, 0.29) is 55.1 Å². The predicted octanol–water partition coefficient (Wildman–Crippen LogP) is -0.906. The normalized spacial score (nSPS) is 20.1. The minimum Gasteiger partial charge on any atom is -0.506 e. The first-order valence-corrected chi connectivity index (χ1v) is 9.74. The molecule has 2 aliphatic rings. The van der Waals surface area contributed by atoms with Crippen molar-refractivity contribution in [3.05, 3.63) is 29.6 Å². The van der Waals surface area contributed by atoms with Crippen molar-refractivity contribution in [2.45, 2.75) is 18.4 Å². The zero-order valence-corrected chi connectivity index (χ0v) is 16.7. The molecule has 1 spiro atoms. The van der Waals surface area contributed by atoms with Crippen LogP contribution in [0.25, 0.3) is 0 Å². The average Bonchev–Trinajstić information content (AvgIpc) is 2.94. The third-order valence-corrected chi connectivity index (χ3v) is 5.14. The highest BCUT2D eigenvalue weighted by atomic mass is 16.6.